The van der Waals surface area contributed by atoms with E-state index >= 15 is 4.39 Å². The van der Waals surface area contributed by atoms with E-state index in [9.17, 15) is 27.0 Å². The van der Waals surface area contributed by atoms with E-state index in [1.54, 1.807) is 51.1 Å². The second kappa shape index (κ2) is 14.2. The number of ether oxygens (including phenoxy) is 2. The number of rotatable bonds is 14. The molecule has 1 aromatic heterocycles. The van der Waals surface area contributed by atoms with E-state index in [-0.39, 0.29) is 40.6 Å². The Labute approximate surface area is 293 Å². The van der Waals surface area contributed by atoms with Crippen LogP contribution in [0.3, 0.4) is 0 Å². The second-order valence-electron chi connectivity index (χ2n) is 15.4. The zero-order chi connectivity index (χ0) is 36.9. The third kappa shape index (κ3) is 8.22. The molecule has 2 heterocycles. The summed E-state index contributed by atoms with van der Waals surface area (Å²) < 4.78 is 85.9. The summed E-state index contributed by atoms with van der Waals surface area (Å²) in [5, 5.41) is 0. The van der Waals surface area contributed by atoms with Gasteiger partial charge in [-0.3, -0.25) is 19.1 Å². The lowest BCUT2D eigenvalue weighted by atomic mass is 9.99. The lowest BCUT2D eigenvalue weighted by Crippen LogP contribution is -2.43. The Hall–Kier alpha value is -2.98. The topological polar surface area (TPSA) is 103 Å². The lowest BCUT2D eigenvalue weighted by Gasteiger charge is -2.30. The van der Waals surface area contributed by atoms with Gasteiger partial charge in [-0.25, -0.2) is 18.3 Å². The maximum Gasteiger partial charge on any atom is 0.414 e. The number of halogens is 4. The number of nitrogens with one attached hydrogen (secondary N) is 1. The van der Waals surface area contributed by atoms with Crippen molar-refractivity contribution in [3.8, 4) is 0 Å². The minimum atomic E-state index is -4.66. The van der Waals surface area contributed by atoms with Crippen molar-refractivity contribution in [2.45, 2.75) is 115 Å². The zero-order valence-electron chi connectivity index (χ0n) is 29.7. The van der Waals surface area contributed by atoms with E-state index in [2.05, 4.69) is 24.4 Å². The molecule has 1 aliphatic carbocycles. The summed E-state index contributed by atoms with van der Waals surface area (Å²) in [6, 6.07) is 8.34. The number of fused-ring (bicyclic) bond motifs is 2. The van der Waals surface area contributed by atoms with Crippen molar-refractivity contribution >= 4 is 41.9 Å². The number of amides is 2. The van der Waals surface area contributed by atoms with Crippen molar-refractivity contribution in [3.05, 3.63) is 64.7 Å². The third-order valence-corrected chi connectivity index (χ3v) is 12.3. The van der Waals surface area contributed by atoms with E-state index in [0.717, 1.165) is 25.8 Å². The third-order valence-electron chi connectivity index (χ3n) is 9.00. The Morgan fingerprint density at radius 1 is 1.04 bits per heavy atom. The Morgan fingerprint density at radius 2 is 1.64 bits per heavy atom. The minimum absolute atomic E-state index is 0.0260. The van der Waals surface area contributed by atoms with Gasteiger partial charge in [0.25, 0.3) is 11.8 Å². The number of benzene rings is 2. The van der Waals surface area contributed by atoms with E-state index in [1.807, 2.05) is 0 Å². The quantitative estimate of drug-likeness (QED) is 0.0788. The SMILES string of the molecule is C[C@@H](O[C@H](C)C(F)(F)F)[C@H](N[S@](=O)C(C)(C)C)c1nc2cc([C@@H](C3CC3)N3C(=O)c4ccccc4C3=O)cc(F)c2n1COCC[Si](C)(C)C. The number of carbonyl (C=O) groups excluding carboxylic acids is 2. The first-order valence-electron chi connectivity index (χ1n) is 16.8. The van der Waals surface area contributed by atoms with Gasteiger partial charge in [-0.15, -0.1) is 0 Å². The number of carbonyl (C=O) groups is 2. The molecule has 5 rings (SSSR count). The van der Waals surface area contributed by atoms with Crippen molar-refractivity contribution in [2.75, 3.05) is 6.61 Å². The van der Waals surface area contributed by atoms with Crippen molar-refractivity contribution in [1.82, 2.24) is 19.2 Å². The number of nitrogens with zero attached hydrogens (tertiary/aromatic N) is 3. The molecule has 274 valence electrons. The summed E-state index contributed by atoms with van der Waals surface area (Å²) in [6.07, 6.45) is -6.57. The van der Waals surface area contributed by atoms with Crippen LogP contribution in [0.1, 0.15) is 91.6 Å². The second-order valence-corrected chi connectivity index (χ2v) is 23.0. The standard InChI is InChI=1S/C35H46F4N4O5SSi/c1-20(48-21(2)35(37,38)39)28(41-49(46)34(3,4)5)31-40-27-18-23(17-26(36)30(27)42(31)19-47-15-16-50(6,7)8)29(22-13-14-22)43-32(44)24-11-9-10-12-25(24)33(43)45/h9-12,17-18,20-22,28-29,41H,13-16,19H2,1-8H3/t20-,21-,28+,29-,49-/m1/s1. The molecule has 1 saturated carbocycles. The average Bonchev–Trinajstić information content (AvgIpc) is 3.73. The fraction of sp³-hybridized carbons (Fsp3) is 0.571. The smallest absolute Gasteiger partial charge is 0.364 e. The molecule has 0 spiro atoms. The highest BCUT2D eigenvalue weighted by atomic mass is 32.2. The predicted molar refractivity (Wildman–Crippen MR) is 186 cm³/mol. The van der Waals surface area contributed by atoms with Crippen LogP contribution in [0, 0.1) is 11.7 Å². The van der Waals surface area contributed by atoms with Crippen LogP contribution in [-0.4, -0.2) is 68.3 Å². The van der Waals surface area contributed by atoms with Crippen molar-refractivity contribution in [2.24, 2.45) is 5.92 Å². The monoisotopic (exact) mass is 738 g/mol. The molecule has 2 amide bonds. The highest BCUT2D eigenvalue weighted by molar-refractivity contribution is 7.84. The van der Waals surface area contributed by atoms with Crippen LogP contribution in [0.2, 0.25) is 25.7 Å². The largest absolute Gasteiger partial charge is 0.414 e. The number of imide groups is 1. The van der Waals surface area contributed by atoms with Gasteiger partial charge in [0.05, 0.1) is 44.5 Å². The lowest BCUT2D eigenvalue weighted by molar-refractivity contribution is -0.227. The van der Waals surface area contributed by atoms with Crippen LogP contribution in [0.25, 0.3) is 11.0 Å². The van der Waals surface area contributed by atoms with Gasteiger partial charge in [0.2, 0.25) is 0 Å². The number of alkyl halides is 3. The van der Waals surface area contributed by atoms with Gasteiger partial charge in [0, 0.05) is 14.7 Å². The molecule has 2 aromatic carbocycles. The van der Waals surface area contributed by atoms with Crippen LogP contribution in [0.4, 0.5) is 17.6 Å². The van der Waals surface area contributed by atoms with Crippen LogP contribution in [-0.2, 0) is 27.2 Å². The molecular weight excluding hydrogens is 693 g/mol. The highest BCUT2D eigenvalue weighted by Crippen LogP contribution is 2.48. The summed E-state index contributed by atoms with van der Waals surface area (Å²) in [5.41, 5.74) is 1.12. The first kappa shape index (κ1) is 38.3. The van der Waals surface area contributed by atoms with Gasteiger partial charge >= 0.3 is 6.18 Å². The van der Waals surface area contributed by atoms with E-state index < -0.39 is 71.9 Å². The molecule has 1 aliphatic heterocycles. The van der Waals surface area contributed by atoms with E-state index in [1.165, 1.54) is 22.5 Å². The molecule has 0 unspecified atom stereocenters. The van der Waals surface area contributed by atoms with Crippen LogP contribution in [0.5, 0.6) is 0 Å². The number of hydrogen-bond acceptors (Lipinski definition) is 6. The molecule has 0 bridgehead atoms. The molecular formula is C35H46F4N4O5SSi. The van der Waals surface area contributed by atoms with Crippen molar-refractivity contribution in [1.29, 1.82) is 0 Å². The molecule has 9 nitrogen and oxygen atoms in total. The normalized spacial score (nSPS) is 18.8. The van der Waals surface area contributed by atoms with Crippen LogP contribution < -0.4 is 4.72 Å². The van der Waals surface area contributed by atoms with Gasteiger partial charge in [0.15, 0.2) is 6.10 Å². The Morgan fingerprint density at radius 3 is 2.16 bits per heavy atom. The minimum Gasteiger partial charge on any atom is -0.364 e. The first-order valence-corrected chi connectivity index (χ1v) is 21.7. The molecule has 50 heavy (non-hydrogen) atoms. The van der Waals surface area contributed by atoms with Crippen molar-refractivity contribution in [3.63, 3.8) is 0 Å². The number of imidazole rings is 1. The van der Waals surface area contributed by atoms with Crippen LogP contribution in [0.15, 0.2) is 36.4 Å². The molecule has 0 radical (unpaired) electrons. The molecule has 0 saturated heterocycles. The first-order chi connectivity index (χ1) is 23.2. The van der Waals surface area contributed by atoms with Gasteiger partial charge < -0.3 is 9.47 Å². The Bertz CT molecular complexity index is 1750. The molecule has 1 fully saturated rings. The maximum absolute atomic E-state index is 16.5. The average molecular weight is 739 g/mol. The van der Waals surface area contributed by atoms with E-state index in [0.29, 0.717) is 12.2 Å². The molecule has 2 aliphatic rings. The maximum atomic E-state index is 16.5. The molecule has 5 atom stereocenters. The highest BCUT2D eigenvalue weighted by Gasteiger charge is 2.47. The van der Waals surface area contributed by atoms with E-state index in [4.69, 9.17) is 14.5 Å². The molecule has 1 N–H and O–H groups in total. The fourth-order valence-corrected chi connectivity index (χ4v) is 7.60. The summed E-state index contributed by atoms with van der Waals surface area (Å²) >= 11 is 0. The Balaban J connectivity index is 1.62. The number of aromatic nitrogens is 2. The Kier molecular flexibility index (Phi) is 10.9. The number of hydrogen-bond donors (Lipinski definition) is 1. The predicted octanol–water partition coefficient (Wildman–Crippen LogP) is 7.68. The van der Waals surface area contributed by atoms with Gasteiger partial charge in [-0.1, -0.05) is 31.8 Å². The summed E-state index contributed by atoms with van der Waals surface area (Å²) in [4.78, 5) is 33.0. The van der Waals surface area contributed by atoms with Gasteiger partial charge in [0.1, 0.15) is 29.9 Å². The van der Waals surface area contributed by atoms with Gasteiger partial charge in [-0.05, 0) is 89.3 Å². The van der Waals surface area contributed by atoms with Crippen molar-refractivity contribution < 1.29 is 40.8 Å². The molecule has 3 aromatic rings. The van der Waals surface area contributed by atoms with Gasteiger partial charge in [-0.2, -0.15) is 13.2 Å². The summed E-state index contributed by atoms with van der Waals surface area (Å²) in [6.45, 7) is 14.2. The molecule has 15 heteroatoms. The summed E-state index contributed by atoms with van der Waals surface area (Å²) in [5.74, 6) is -1.62. The fourth-order valence-electron chi connectivity index (χ4n) is 5.96. The van der Waals surface area contributed by atoms with Crippen LogP contribution >= 0.6 is 0 Å². The summed E-state index contributed by atoms with van der Waals surface area (Å²) in [7, 11) is -3.30. The zero-order valence-corrected chi connectivity index (χ0v) is 31.5.